The van der Waals surface area contributed by atoms with Gasteiger partial charge in [-0.05, 0) is 43.7 Å². The average molecular weight is 315 g/mol. The number of aromatic nitrogens is 1. The van der Waals surface area contributed by atoms with Crippen LogP contribution in [-0.2, 0) is 9.53 Å². The Kier molecular flexibility index (Phi) is 4.21. The van der Waals surface area contributed by atoms with Crippen molar-refractivity contribution in [3.63, 3.8) is 0 Å². The molecule has 3 aliphatic rings. The van der Waals surface area contributed by atoms with Crippen molar-refractivity contribution in [1.29, 1.82) is 0 Å². The Bertz CT molecular complexity index is 544. The van der Waals surface area contributed by atoms with E-state index < -0.39 is 0 Å². The zero-order valence-electron chi connectivity index (χ0n) is 13.6. The van der Waals surface area contributed by atoms with E-state index in [9.17, 15) is 4.79 Å². The van der Waals surface area contributed by atoms with E-state index >= 15 is 0 Å². The molecule has 2 atom stereocenters. The lowest BCUT2D eigenvalue weighted by Crippen LogP contribution is -2.54. The molecule has 0 N–H and O–H groups in total. The Morgan fingerprint density at radius 3 is 2.78 bits per heavy atom. The van der Waals surface area contributed by atoms with Gasteiger partial charge in [-0.3, -0.25) is 4.79 Å². The van der Waals surface area contributed by atoms with E-state index in [0.717, 1.165) is 57.8 Å². The van der Waals surface area contributed by atoms with Crippen LogP contribution in [0.2, 0.25) is 0 Å². The molecule has 0 aliphatic carbocycles. The van der Waals surface area contributed by atoms with Gasteiger partial charge in [0.1, 0.15) is 5.82 Å². The van der Waals surface area contributed by atoms with Gasteiger partial charge in [-0.2, -0.15) is 0 Å². The first-order valence-corrected chi connectivity index (χ1v) is 8.88. The molecule has 0 saturated carbocycles. The number of piperidine rings is 1. The first-order valence-electron chi connectivity index (χ1n) is 8.88. The second-order valence-electron chi connectivity index (χ2n) is 6.95. The van der Waals surface area contributed by atoms with Crippen molar-refractivity contribution in [2.24, 2.45) is 5.92 Å². The summed E-state index contributed by atoms with van der Waals surface area (Å²) in [5.74, 6) is 2.01. The highest BCUT2D eigenvalue weighted by molar-refractivity contribution is 5.78. The first-order chi connectivity index (χ1) is 11.3. The van der Waals surface area contributed by atoms with Crippen molar-refractivity contribution < 1.29 is 9.53 Å². The Morgan fingerprint density at radius 2 is 2.00 bits per heavy atom. The summed E-state index contributed by atoms with van der Waals surface area (Å²) in [7, 11) is 0. The molecule has 0 radical (unpaired) electrons. The van der Waals surface area contributed by atoms with Gasteiger partial charge >= 0.3 is 0 Å². The van der Waals surface area contributed by atoms with Gasteiger partial charge in [-0.25, -0.2) is 4.98 Å². The van der Waals surface area contributed by atoms with Gasteiger partial charge in [0.05, 0.1) is 12.1 Å². The molecule has 124 valence electrons. The van der Waals surface area contributed by atoms with Gasteiger partial charge in [0, 0.05) is 38.9 Å². The second-order valence-corrected chi connectivity index (χ2v) is 6.95. The monoisotopic (exact) mass is 315 g/mol. The zero-order valence-corrected chi connectivity index (χ0v) is 13.6. The third-order valence-corrected chi connectivity index (χ3v) is 5.62. The van der Waals surface area contributed by atoms with E-state index in [1.54, 1.807) is 0 Å². The van der Waals surface area contributed by atoms with E-state index in [1.807, 2.05) is 18.3 Å². The summed E-state index contributed by atoms with van der Waals surface area (Å²) < 4.78 is 5.46. The molecule has 1 amide bonds. The highest BCUT2D eigenvalue weighted by atomic mass is 16.5. The van der Waals surface area contributed by atoms with Crippen LogP contribution in [0.15, 0.2) is 24.4 Å². The van der Waals surface area contributed by atoms with Crippen LogP contribution < -0.4 is 4.90 Å². The molecule has 1 aromatic rings. The van der Waals surface area contributed by atoms with E-state index in [-0.39, 0.29) is 0 Å². The van der Waals surface area contributed by atoms with Gasteiger partial charge in [-0.1, -0.05) is 6.07 Å². The van der Waals surface area contributed by atoms with Crippen LogP contribution in [0.4, 0.5) is 5.82 Å². The van der Waals surface area contributed by atoms with E-state index in [2.05, 4.69) is 20.9 Å². The summed E-state index contributed by atoms with van der Waals surface area (Å²) in [5, 5.41) is 0. The molecule has 3 aliphatic heterocycles. The van der Waals surface area contributed by atoms with E-state index in [0.29, 0.717) is 30.3 Å². The maximum atomic E-state index is 12.5. The maximum absolute atomic E-state index is 12.5. The molecule has 5 heteroatoms. The van der Waals surface area contributed by atoms with Gasteiger partial charge in [0.15, 0.2) is 0 Å². The topological polar surface area (TPSA) is 45.7 Å². The minimum Gasteiger partial charge on any atom is -0.381 e. The van der Waals surface area contributed by atoms with Gasteiger partial charge < -0.3 is 14.5 Å². The lowest BCUT2D eigenvalue weighted by molar-refractivity contribution is -0.137. The number of anilines is 1. The molecule has 0 unspecified atom stereocenters. The summed E-state index contributed by atoms with van der Waals surface area (Å²) in [6.07, 6.45) is 6.74. The number of amides is 1. The molecule has 0 spiro atoms. The van der Waals surface area contributed by atoms with Crippen LogP contribution in [0, 0.1) is 5.92 Å². The van der Waals surface area contributed by atoms with Crippen LogP contribution >= 0.6 is 0 Å². The lowest BCUT2D eigenvalue weighted by Gasteiger charge is -2.42. The van der Waals surface area contributed by atoms with Gasteiger partial charge in [0.25, 0.3) is 0 Å². The SMILES string of the molecule is O=C1CC[C@H]2[C@H](CCN2c2ccccn2)N1CC1CCOCC1. The number of pyridine rings is 1. The fraction of sp³-hybridized carbons (Fsp3) is 0.667. The van der Waals surface area contributed by atoms with Crippen molar-refractivity contribution in [3.8, 4) is 0 Å². The molecule has 1 aromatic heterocycles. The van der Waals surface area contributed by atoms with Crippen LogP contribution in [0.5, 0.6) is 0 Å². The van der Waals surface area contributed by atoms with Crippen LogP contribution in [-0.4, -0.2) is 54.2 Å². The number of likely N-dealkylation sites (tertiary alicyclic amines) is 1. The van der Waals surface area contributed by atoms with Crippen LogP contribution in [0.25, 0.3) is 0 Å². The fourth-order valence-electron chi connectivity index (χ4n) is 4.40. The largest absolute Gasteiger partial charge is 0.381 e. The Labute approximate surface area is 137 Å². The number of carbonyl (C=O) groups is 1. The summed E-state index contributed by atoms with van der Waals surface area (Å²) in [6, 6.07) is 6.88. The molecule has 0 aromatic carbocycles. The number of hydrogen-bond acceptors (Lipinski definition) is 4. The molecule has 4 rings (SSSR count). The molecule has 23 heavy (non-hydrogen) atoms. The van der Waals surface area contributed by atoms with Gasteiger partial charge in [-0.15, -0.1) is 0 Å². The maximum Gasteiger partial charge on any atom is 0.222 e. The highest BCUT2D eigenvalue weighted by Gasteiger charge is 2.44. The standard InChI is InChI=1S/C18H25N3O2/c22-18-5-4-15-16(21(18)13-14-7-11-23-12-8-14)6-10-20(15)17-3-1-2-9-19-17/h1-3,9,14-16H,4-8,10-13H2/t15-,16-/m0/s1. The van der Waals surface area contributed by atoms with E-state index in [1.165, 1.54) is 0 Å². The smallest absolute Gasteiger partial charge is 0.222 e. The predicted octanol–water partition coefficient (Wildman–Crippen LogP) is 2.08. The average Bonchev–Trinajstić information content (AvgIpc) is 3.03. The highest BCUT2D eigenvalue weighted by Crippen LogP contribution is 2.35. The number of rotatable bonds is 3. The fourth-order valence-corrected chi connectivity index (χ4v) is 4.40. The molecular weight excluding hydrogens is 290 g/mol. The zero-order chi connectivity index (χ0) is 15.6. The quantitative estimate of drug-likeness (QED) is 0.857. The Hall–Kier alpha value is -1.62. The number of hydrogen-bond donors (Lipinski definition) is 0. The first kappa shape index (κ1) is 14.9. The van der Waals surface area contributed by atoms with Crippen LogP contribution in [0.1, 0.15) is 32.1 Å². The third-order valence-electron chi connectivity index (χ3n) is 5.62. The Balaban J connectivity index is 1.49. The minimum atomic E-state index is 0.348. The molecule has 3 saturated heterocycles. The van der Waals surface area contributed by atoms with Gasteiger partial charge in [0.2, 0.25) is 5.91 Å². The molecule has 4 heterocycles. The van der Waals surface area contributed by atoms with Crippen molar-refractivity contribution in [2.75, 3.05) is 31.2 Å². The molecular formula is C18H25N3O2. The second kappa shape index (κ2) is 6.48. The van der Waals surface area contributed by atoms with Crippen molar-refractivity contribution in [3.05, 3.63) is 24.4 Å². The summed E-state index contributed by atoms with van der Waals surface area (Å²) >= 11 is 0. The van der Waals surface area contributed by atoms with Crippen molar-refractivity contribution >= 4 is 11.7 Å². The van der Waals surface area contributed by atoms with Crippen LogP contribution in [0.3, 0.4) is 0 Å². The molecule has 0 bridgehead atoms. The number of nitrogens with zero attached hydrogens (tertiary/aromatic N) is 3. The number of carbonyl (C=O) groups excluding carboxylic acids is 1. The number of ether oxygens (including phenoxy) is 1. The minimum absolute atomic E-state index is 0.348. The molecule has 3 fully saturated rings. The lowest BCUT2D eigenvalue weighted by atomic mass is 9.92. The third kappa shape index (κ3) is 2.94. The van der Waals surface area contributed by atoms with Crippen molar-refractivity contribution in [2.45, 2.75) is 44.2 Å². The predicted molar refractivity (Wildman–Crippen MR) is 88.3 cm³/mol. The summed E-state index contributed by atoms with van der Waals surface area (Å²) in [6.45, 7) is 3.62. The van der Waals surface area contributed by atoms with E-state index in [4.69, 9.17) is 4.74 Å². The summed E-state index contributed by atoms with van der Waals surface area (Å²) in [5.41, 5.74) is 0. The summed E-state index contributed by atoms with van der Waals surface area (Å²) in [4.78, 5) is 21.6. The Morgan fingerprint density at radius 1 is 1.13 bits per heavy atom. The molecule has 5 nitrogen and oxygen atoms in total. The van der Waals surface area contributed by atoms with Crippen molar-refractivity contribution in [1.82, 2.24) is 9.88 Å². The normalized spacial score (nSPS) is 29.0. The number of fused-ring (bicyclic) bond motifs is 1.